The van der Waals surface area contributed by atoms with Gasteiger partial charge in [0, 0.05) is 15.6 Å². The minimum absolute atomic E-state index is 0.0648. The number of rotatable bonds is 2. The molecule has 2 N–H and O–H groups in total. The fraction of sp³-hybridized carbons (Fsp3) is 0.0769. The van der Waals surface area contributed by atoms with Gasteiger partial charge in [-0.2, -0.15) is 0 Å². The van der Waals surface area contributed by atoms with Crippen LogP contribution < -0.4 is 5.73 Å². The Hall–Kier alpha value is -1.04. The molecule has 0 aliphatic rings. The topological polar surface area (TPSA) is 26.0 Å². The first-order chi connectivity index (χ1) is 8.90. The molecule has 2 aromatic rings. The van der Waals surface area contributed by atoms with Crippen molar-refractivity contribution in [1.29, 1.82) is 0 Å². The normalized spacial score (nSPS) is 12.5. The van der Waals surface area contributed by atoms with Crippen molar-refractivity contribution in [2.24, 2.45) is 5.73 Å². The third-order valence-corrected chi connectivity index (χ3v) is 3.45. The highest BCUT2D eigenvalue weighted by Crippen LogP contribution is 2.29. The lowest BCUT2D eigenvalue weighted by Crippen LogP contribution is -2.15. The first kappa shape index (κ1) is 14.4. The summed E-state index contributed by atoms with van der Waals surface area (Å²) in [4.78, 5) is 0. The molecular weight excluding hydrogens is 343 g/mol. The molecule has 2 rings (SSSR count). The molecule has 2 aromatic carbocycles. The molecule has 100 valence electrons. The van der Waals surface area contributed by atoms with Crippen LogP contribution in [-0.4, -0.2) is 0 Å². The Kier molecular flexibility index (Phi) is 4.18. The van der Waals surface area contributed by atoms with Gasteiger partial charge in [-0.1, -0.05) is 27.5 Å². The molecule has 0 aromatic heterocycles. The predicted octanol–water partition coefficient (Wildman–Crippen LogP) is 4.57. The maximum atomic E-state index is 13.7. The zero-order valence-corrected chi connectivity index (χ0v) is 11.8. The molecule has 0 amide bonds. The van der Waals surface area contributed by atoms with Gasteiger partial charge in [0.1, 0.15) is 17.5 Å². The summed E-state index contributed by atoms with van der Waals surface area (Å²) < 4.78 is 41.4. The van der Waals surface area contributed by atoms with Gasteiger partial charge in [0.15, 0.2) is 0 Å². The zero-order chi connectivity index (χ0) is 14.2. The molecule has 0 spiro atoms. The van der Waals surface area contributed by atoms with Crippen molar-refractivity contribution >= 4 is 27.5 Å². The second kappa shape index (κ2) is 5.53. The van der Waals surface area contributed by atoms with Gasteiger partial charge in [-0.05, 0) is 30.3 Å². The molecule has 19 heavy (non-hydrogen) atoms. The Morgan fingerprint density at radius 1 is 0.947 bits per heavy atom. The molecular formula is C13H8BrClF3N. The zero-order valence-electron chi connectivity index (χ0n) is 9.43. The minimum Gasteiger partial charge on any atom is -0.320 e. The molecule has 0 heterocycles. The molecule has 1 nitrogen and oxygen atoms in total. The highest BCUT2D eigenvalue weighted by atomic mass is 79.9. The third kappa shape index (κ3) is 2.94. The number of benzene rings is 2. The van der Waals surface area contributed by atoms with Crippen LogP contribution in [0.2, 0.25) is 5.02 Å². The Bertz CT molecular complexity index is 634. The third-order valence-electron chi connectivity index (χ3n) is 2.67. The van der Waals surface area contributed by atoms with Crippen LogP contribution in [0.1, 0.15) is 17.2 Å². The van der Waals surface area contributed by atoms with Gasteiger partial charge in [0.2, 0.25) is 0 Å². The van der Waals surface area contributed by atoms with Gasteiger partial charge in [0.05, 0.1) is 11.1 Å². The van der Waals surface area contributed by atoms with Crippen molar-refractivity contribution < 1.29 is 13.2 Å². The van der Waals surface area contributed by atoms with Gasteiger partial charge in [0.25, 0.3) is 0 Å². The summed E-state index contributed by atoms with van der Waals surface area (Å²) in [6.45, 7) is 0. The van der Waals surface area contributed by atoms with Crippen LogP contribution in [-0.2, 0) is 0 Å². The average Bonchev–Trinajstić information content (AvgIpc) is 2.36. The highest BCUT2D eigenvalue weighted by Gasteiger charge is 2.19. The summed E-state index contributed by atoms with van der Waals surface area (Å²) in [6.07, 6.45) is 0. The van der Waals surface area contributed by atoms with E-state index in [4.69, 9.17) is 17.3 Å². The second-order valence-corrected chi connectivity index (χ2v) is 5.25. The number of halogens is 5. The van der Waals surface area contributed by atoms with E-state index in [9.17, 15) is 13.2 Å². The Morgan fingerprint density at radius 3 is 2.26 bits per heavy atom. The van der Waals surface area contributed by atoms with Gasteiger partial charge in [-0.15, -0.1) is 0 Å². The monoisotopic (exact) mass is 349 g/mol. The number of hydrogen-bond acceptors (Lipinski definition) is 1. The molecule has 6 heteroatoms. The largest absolute Gasteiger partial charge is 0.320 e. The molecule has 0 aliphatic carbocycles. The standard InChI is InChI=1S/C13H8BrClF3N/c14-6-1-2-10(16)7(3-6)13(19)8-4-12(18)9(15)5-11(8)17/h1-5,13H,19H2. The van der Waals surface area contributed by atoms with E-state index in [2.05, 4.69) is 15.9 Å². The van der Waals surface area contributed by atoms with E-state index in [0.717, 1.165) is 12.1 Å². The highest BCUT2D eigenvalue weighted by molar-refractivity contribution is 9.10. The first-order valence-electron chi connectivity index (χ1n) is 5.25. The van der Waals surface area contributed by atoms with Gasteiger partial charge in [-0.3, -0.25) is 0 Å². The fourth-order valence-corrected chi connectivity index (χ4v) is 2.23. The summed E-state index contributed by atoms with van der Waals surface area (Å²) in [5, 5.41) is -0.344. The average molecular weight is 351 g/mol. The Morgan fingerprint density at radius 2 is 1.58 bits per heavy atom. The predicted molar refractivity (Wildman–Crippen MR) is 71.5 cm³/mol. The van der Waals surface area contributed by atoms with Crippen LogP contribution in [0.15, 0.2) is 34.8 Å². The fourth-order valence-electron chi connectivity index (χ4n) is 1.70. The lowest BCUT2D eigenvalue weighted by Gasteiger charge is -2.15. The molecule has 0 fully saturated rings. The Labute approximate surface area is 121 Å². The van der Waals surface area contributed by atoms with Crippen LogP contribution in [0, 0.1) is 17.5 Å². The summed E-state index contributed by atoms with van der Waals surface area (Å²) in [6, 6.07) is 4.69. The van der Waals surface area contributed by atoms with Crippen LogP contribution >= 0.6 is 27.5 Å². The molecule has 0 radical (unpaired) electrons. The van der Waals surface area contributed by atoms with E-state index in [1.165, 1.54) is 18.2 Å². The Balaban J connectivity index is 2.52. The smallest absolute Gasteiger partial charge is 0.142 e. The van der Waals surface area contributed by atoms with E-state index in [0.29, 0.717) is 4.47 Å². The summed E-state index contributed by atoms with van der Waals surface area (Å²) >= 11 is 8.63. The van der Waals surface area contributed by atoms with Crippen LogP contribution in [0.4, 0.5) is 13.2 Å². The van der Waals surface area contributed by atoms with Gasteiger partial charge >= 0.3 is 0 Å². The number of nitrogens with two attached hydrogens (primary N) is 1. The van der Waals surface area contributed by atoms with Crippen molar-refractivity contribution in [1.82, 2.24) is 0 Å². The van der Waals surface area contributed by atoms with E-state index in [1.54, 1.807) is 0 Å². The van der Waals surface area contributed by atoms with E-state index in [1.807, 2.05) is 0 Å². The van der Waals surface area contributed by atoms with Crippen molar-refractivity contribution in [3.05, 3.63) is 68.4 Å². The molecule has 0 aliphatic heterocycles. The van der Waals surface area contributed by atoms with Crippen LogP contribution in [0.25, 0.3) is 0 Å². The van der Waals surface area contributed by atoms with Crippen molar-refractivity contribution in [2.75, 3.05) is 0 Å². The minimum atomic E-state index is -1.12. The molecule has 1 unspecified atom stereocenters. The summed E-state index contributed by atoms with van der Waals surface area (Å²) in [7, 11) is 0. The van der Waals surface area contributed by atoms with E-state index >= 15 is 0 Å². The quantitative estimate of drug-likeness (QED) is 0.789. The summed E-state index contributed by atoms with van der Waals surface area (Å²) in [5.74, 6) is -2.17. The molecule has 0 saturated carbocycles. The van der Waals surface area contributed by atoms with Crippen molar-refractivity contribution in [3.8, 4) is 0 Å². The molecule has 0 saturated heterocycles. The van der Waals surface area contributed by atoms with E-state index < -0.39 is 23.5 Å². The second-order valence-electron chi connectivity index (χ2n) is 3.93. The first-order valence-corrected chi connectivity index (χ1v) is 6.42. The van der Waals surface area contributed by atoms with Gasteiger partial charge < -0.3 is 5.73 Å². The lowest BCUT2D eigenvalue weighted by molar-refractivity contribution is 0.562. The number of hydrogen-bond donors (Lipinski definition) is 1. The van der Waals surface area contributed by atoms with E-state index in [-0.39, 0.29) is 16.1 Å². The summed E-state index contributed by atoms with van der Waals surface area (Å²) in [5.41, 5.74) is 5.71. The lowest BCUT2D eigenvalue weighted by atomic mass is 9.98. The molecule has 1 atom stereocenters. The van der Waals surface area contributed by atoms with Crippen LogP contribution in [0.5, 0.6) is 0 Å². The van der Waals surface area contributed by atoms with Crippen molar-refractivity contribution in [3.63, 3.8) is 0 Å². The SMILES string of the molecule is NC(c1cc(Br)ccc1F)c1cc(F)c(Cl)cc1F. The molecule has 0 bridgehead atoms. The van der Waals surface area contributed by atoms with Crippen LogP contribution in [0.3, 0.4) is 0 Å². The van der Waals surface area contributed by atoms with Gasteiger partial charge in [-0.25, -0.2) is 13.2 Å². The van der Waals surface area contributed by atoms with Crippen molar-refractivity contribution in [2.45, 2.75) is 6.04 Å². The maximum Gasteiger partial charge on any atom is 0.142 e. The maximum absolute atomic E-state index is 13.7.